The SMILES string of the molecule is O=C(O)CCCCCCC1C(Cl)CC(O)C1c1ccc(C(O)CCc2ccccc2)cc1. The van der Waals surface area contributed by atoms with E-state index in [1.807, 2.05) is 42.5 Å². The van der Waals surface area contributed by atoms with E-state index in [2.05, 4.69) is 12.1 Å². The molecule has 0 aromatic heterocycles. The van der Waals surface area contributed by atoms with Crippen molar-refractivity contribution in [3.05, 3.63) is 71.3 Å². The molecular weight excluding hydrogens is 424 g/mol. The van der Waals surface area contributed by atoms with Crippen LogP contribution in [0.3, 0.4) is 0 Å². The molecule has 2 aromatic carbocycles. The first-order valence-electron chi connectivity index (χ1n) is 11.8. The van der Waals surface area contributed by atoms with Gasteiger partial charge in [0.25, 0.3) is 0 Å². The lowest BCUT2D eigenvalue weighted by Crippen LogP contribution is -2.19. The van der Waals surface area contributed by atoms with Crippen molar-refractivity contribution in [2.45, 2.75) is 81.3 Å². The molecule has 1 fully saturated rings. The number of alkyl halides is 1. The molecule has 1 aliphatic rings. The molecule has 0 radical (unpaired) electrons. The summed E-state index contributed by atoms with van der Waals surface area (Å²) in [6, 6.07) is 18.2. The molecule has 174 valence electrons. The molecule has 0 aliphatic heterocycles. The maximum atomic E-state index is 10.7. The summed E-state index contributed by atoms with van der Waals surface area (Å²) in [6.07, 6.45) is 5.89. The number of halogens is 1. The highest BCUT2D eigenvalue weighted by molar-refractivity contribution is 6.21. The maximum Gasteiger partial charge on any atom is 0.303 e. The largest absolute Gasteiger partial charge is 0.481 e. The molecule has 5 unspecified atom stereocenters. The van der Waals surface area contributed by atoms with Gasteiger partial charge in [-0.25, -0.2) is 0 Å². The second-order valence-electron chi connectivity index (χ2n) is 9.06. The number of aliphatic hydroxyl groups excluding tert-OH is 2. The van der Waals surface area contributed by atoms with Crippen LogP contribution in [0.5, 0.6) is 0 Å². The minimum Gasteiger partial charge on any atom is -0.481 e. The Morgan fingerprint density at radius 1 is 1.00 bits per heavy atom. The van der Waals surface area contributed by atoms with Crippen LogP contribution in [0.15, 0.2) is 54.6 Å². The second-order valence-corrected chi connectivity index (χ2v) is 9.62. The molecule has 5 heteroatoms. The average Bonchev–Trinajstić information content (AvgIpc) is 3.07. The monoisotopic (exact) mass is 458 g/mol. The molecule has 0 bridgehead atoms. The van der Waals surface area contributed by atoms with Gasteiger partial charge in [0.1, 0.15) is 0 Å². The van der Waals surface area contributed by atoms with Gasteiger partial charge in [0.05, 0.1) is 12.2 Å². The van der Waals surface area contributed by atoms with E-state index in [0.717, 1.165) is 43.2 Å². The normalized spacial score (nSPS) is 23.8. The molecule has 3 N–H and O–H groups in total. The Morgan fingerprint density at radius 3 is 2.38 bits per heavy atom. The smallest absolute Gasteiger partial charge is 0.303 e. The molecule has 1 saturated carbocycles. The fourth-order valence-corrected chi connectivity index (χ4v) is 5.42. The van der Waals surface area contributed by atoms with Crippen molar-refractivity contribution in [3.8, 4) is 0 Å². The van der Waals surface area contributed by atoms with Gasteiger partial charge in [0, 0.05) is 17.7 Å². The fraction of sp³-hybridized carbons (Fsp3) is 0.519. The molecule has 2 aromatic rings. The van der Waals surface area contributed by atoms with Gasteiger partial charge in [0.15, 0.2) is 0 Å². The summed E-state index contributed by atoms with van der Waals surface area (Å²) in [6.45, 7) is 0. The topological polar surface area (TPSA) is 77.8 Å². The Hall–Kier alpha value is -1.88. The summed E-state index contributed by atoms with van der Waals surface area (Å²) < 4.78 is 0. The summed E-state index contributed by atoms with van der Waals surface area (Å²) in [5.41, 5.74) is 3.20. The molecule has 1 aliphatic carbocycles. The summed E-state index contributed by atoms with van der Waals surface area (Å²) in [5.74, 6) is -0.523. The zero-order chi connectivity index (χ0) is 22.9. The first-order valence-corrected chi connectivity index (χ1v) is 12.2. The van der Waals surface area contributed by atoms with Crippen molar-refractivity contribution in [1.29, 1.82) is 0 Å². The van der Waals surface area contributed by atoms with Gasteiger partial charge in [-0.2, -0.15) is 0 Å². The summed E-state index contributed by atoms with van der Waals surface area (Å²) in [4.78, 5) is 10.6. The summed E-state index contributed by atoms with van der Waals surface area (Å²) in [5, 5.41) is 30.0. The lowest BCUT2D eigenvalue weighted by atomic mass is 9.83. The molecule has 0 spiro atoms. The van der Waals surface area contributed by atoms with Crippen LogP contribution in [-0.4, -0.2) is 32.8 Å². The number of carboxylic acids is 1. The maximum absolute atomic E-state index is 10.7. The quantitative estimate of drug-likeness (QED) is 0.275. The fourth-order valence-electron chi connectivity index (χ4n) is 4.96. The Kier molecular flexibility index (Phi) is 9.58. The van der Waals surface area contributed by atoms with E-state index in [0.29, 0.717) is 19.3 Å². The van der Waals surface area contributed by atoms with Crippen molar-refractivity contribution in [3.63, 3.8) is 0 Å². The molecule has 5 atom stereocenters. The van der Waals surface area contributed by atoms with Crippen molar-refractivity contribution in [2.24, 2.45) is 5.92 Å². The molecule has 32 heavy (non-hydrogen) atoms. The number of carboxylic acid groups (broad SMARTS) is 1. The van der Waals surface area contributed by atoms with Crippen LogP contribution >= 0.6 is 11.6 Å². The first-order chi connectivity index (χ1) is 15.5. The van der Waals surface area contributed by atoms with Gasteiger partial charge in [0.2, 0.25) is 0 Å². The predicted octanol–water partition coefficient (Wildman–Crippen LogP) is 5.85. The van der Waals surface area contributed by atoms with Gasteiger partial charge >= 0.3 is 5.97 Å². The average molecular weight is 459 g/mol. The molecular formula is C27H35ClO4. The van der Waals surface area contributed by atoms with Crippen molar-refractivity contribution in [2.75, 3.05) is 0 Å². The minimum absolute atomic E-state index is 0.00651. The highest BCUT2D eigenvalue weighted by Gasteiger charge is 2.41. The van der Waals surface area contributed by atoms with Crippen LogP contribution < -0.4 is 0 Å². The van der Waals surface area contributed by atoms with Crippen molar-refractivity contribution >= 4 is 17.6 Å². The molecule has 0 heterocycles. The number of aryl methyl sites for hydroxylation is 1. The van der Waals surface area contributed by atoms with E-state index in [1.165, 1.54) is 5.56 Å². The van der Waals surface area contributed by atoms with E-state index in [9.17, 15) is 15.0 Å². The number of carbonyl (C=O) groups is 1. The van der Waals surface area contributed by atoms with Crippen LogP contribution in [0.2, 0.25) is 0 Å². The second kappa shape index (κ2) is 12.4. The predicted molar refractivity (Wildman–Crippen MR) is 128 cm³/mol. The zero-order valence-electron chi connectivity index (χ0n) is 18.6. The Bertz CT molecular complexity index is 823. The number of hydrogen-bond donors (Lipinski definition) is 3. The van der Waals surface area contributed by atoms with Gasteiger partial charge in [-0.05, 0) is 54.7 Å². The lowest BCUT2D eigenvalue weighted by molar-refractivity contribution is -0.137. The van der Waals surface area contributed by atoms with Gasteiger partial charge in [-0.1, -0.05) is 73.9 Å². The first kappa shape index (κ1) is 24.8. The number of aliphatic carboxylic acids is 1. The third-order valence-electron chi connectivity index (χ3n) is 6.74. The summed E-state index contributed by atoms with van der Waals surface area (Å²) in [7, 11) is 0. The highest BCUT2D eigenvalue weighted by Crippen LogP contribution is 2.45. The van der Waals surface area contributed by atoms with Crippen molar-refractivity contribution < 1.29 is 20.1 Å². The van der Waals surface area contributed by atoms with E-state index >= 15 is 0 Å². The molecule has 3 rings (SSSR count). The number of benzene rings is 2. The minimum atomic E-state index is -0.738. The van der Waals surface area contributed by atoms with Crippen LogP contribution in [0.4, 0.5) is 0 Å². The zero-order valence-corrected chi connectivity index (χ0v) is 19.3. The van der Waals surface area contributed by atoms with Gasteiger partial charge in [-0.15, -0.1) is 11.6 Å². The number of hydrogen-bond acceptors (Lipinski definition) is 3. The van der Waals surface area contributed by atoms with E-state index in [4.69, 9.17) is 16.7 Å². The third kappa shape index (κ3) is 7.06. The third-order valence-corrected chi connectivity index (χ3v) is 7.24. The Labute approximate surface area is 196 Å². The standard InChI is InChI=1S/C27H35ClO4/c28-23-18-25(30)27(22(23)10-6-1-2-7-11-26(31)32)21-15-13-20(14-16-21)24(29)17-12-19-8-4-3-5-9-19/h3-5,8-9,13-16,22-25,27,29-30H,1-2,6-7,10-12,17-18H2,(H,31,32). The van der Waals surface area contributed by atoms with E-state index in [1.54, 1.807) is 0 Å². The van der Waals surface area contributed by atoms with E-state index < -0.39 is 18.2 Å². The number of rotatable bonds is 12. The van der Waals surface area contributed by atoms with Crippen molar-refractivity contribution in [1.82, 2.24) is 0 Å². The molecule has 0 amide bonds. The van der Waals surface area contributed by atoms with Crippen LogP contribution in [0, 0.1) is 5.92 Å². The van der Waals surface area contributed by atoms with Crippen LogP contribution in [-0.2, 0) is 11.2 Å². The van der Waals surface area contributed by atoms with Crippen LogP contribution in [0.25, 0.3) is 0 Å². The van der Waals surface area contributed by atoms with E-state index in [-0.39, 0.29) is 23.6 Å². The Morgan fingerprint density at radius 2 is 1.69 bits per heavy atom. The highest BCUT2D eigenvalue weighted by atomic mass is 35.5. The van der Waals surface area contributed by atoms with Gasteiger partial charge < -0.3 is 15.3 Å². The molecule has 4 nitrogen and oxygen atoms in total. The number of unbranched alkanes of at least 4 members (excludes halogenated alkanes) is 3. The van der Waals surface area contributed by atoms with Crippen LogP contribution in [0.1, 0.15) is 80.1 Å². The number of aliphatic hydroxyl groups is 2. The van der Waals surface area contributed by atoms with Gasteiger partial charge in [-0.3, -0.25) is 4.79 Å². The Balaban J connectivity index is 1.54. The lowest BCUT2D eigenvalue weighted by Gasteiger charge is -2.24. The summed E-state index contributed by atoms with van der Waals surface area (Å²) >= 11 is 6.60. The molecule has 0 saturated heterocycles.